The number of aliphatic hydroxyl groups excluding tert-OH is 18. The lowest BCUT2D eigenvalue weighted by atomic mass is 9.94. The van der Waals surface area contributed by atoms with Gasteiger partial charge in [-0.15, -0.1) is 0 Å². The molecule has 22 aliphatic heterocycles. The predicted molar refractivity (Wildman–Crippen MR) is 201 cm³/mol. The molecule has 0 aromatic carbocycles. The summed E-state index contributed by atoms with van der Waals surface area (Å²) < 4.78 is 67.9. The number of rotatable bonds is 6. The van der Waals surface area contributed by atoms with Gasteiger partial charge < -0.3 is 155 Å². The predicted octanol–water partition coefficient (Wildman–Crippen LogP) is -12.9. The van der Waals surface area contributed by atoms with Gasteiger partial charge in [0.05, 0.1) is 39.6 Å². The molecule has 12 bridgehead atoms. The largest absolute Gasteiger partial charge is 0.394 e. The van der Waals surface area contributed by atoms with E-state index in [9.17, 15) is 91.9 Å². The number of ether oxygens (including phenoxy) is 12. The molecule has 31 heteroatoms. The lowest BCUT2D eigenvalue weighted by molar-refractivity contribution is -0.404. The summed E-state index contributed by atoms with van der Waals surface area (Å²) in [6, 6.07) is 0. The first-order valence-electron chi connectivity index (χ1n) is 21.1. The van der Waals surface area contributed by atoms with Crippen molar-refractivity contribution in [3.05, 3.63) is 0 Å². The molecule has 0 unspecified atom stereocenters. The van der Waals surface area contributed by atoms with Crippen LogP contribution in [0, 0.1) is 0 Å². The van der Waals surface area contributed by atoms with Crippen LogP contribution in [-0.4, -0.2) is 316 Å². The first kappa shape index (κ1) is 55.1. The molecule has 0 radical (unpaired) electrons. The molecule has 22 rings (SSSR count). The van der Waals surface area contributed by atoms with Gasteiger partial charge in [0.15, 0.2) is 37.7 Å². The third kappa shape index (κ3) is 10.7. The fourth-order valence-electron chi connectivity index (χ4n) is 8.93. The molecule has 22 saturated heterocycles. The molecule has 0 amide bonds. The Labute approximate surface area is 378 Å². The maximum atomic E-state index is 11.2. The minimum absolute atomic E-state index is 0. The molecule has 0 aromatic heterocycles. The van der Waals surface area contributed by atoms with E-state index in [4.69, 9.17) is 56.8 Å². The molecule has 31 nitrogen and oxygen atoms in total. The van der Waals surface area contributed by atoms with Crippen LogP contribution in [0.1, 0.15) is 0 Å². The Morgan fingerprint density at radius 1 is 0.194 bits per heavy atom. The lowest BCUT2D eigenvalue weighted by Gasteiger charge is -2.50. The molecule has 0 saturated carbocycles. The Bertz CT molecular complexity index is 1240. The molecule has 22 fully saturated rings. The summed E-state index contributed by atoms with van der Waals surface area (Å²) in [6.45, 7) is -5.99. The van der Waals surface area contributed by atoms with Crippen LogP contribution < -0.4 is 6.15 Å². The average molecular weight is 990 g/mol. The van der Waals surface area contributed by atoms with E-state index in [-0.39, 0.29) is 6.15 Å². The highest BCUT2D eigenvalue weighted by atomic mass is 16.8. The SMILES string of the molecule is N.OC[C@H]1O[C@@H]2O[C@H]3[C@H](O)[C@@H](O)[C@@H](O[C@H]4[C@H](O)[C@@H](O)[C@@H](O[C@H]5[C@H](O)[C@@H](O)[C@@H](O[C@H]6[C@H](O)[C@@H](O)[C@@H](O[C@H]7[C@H](O)[C@@H](O)[C@@H](O[C@H]1[C@H](O)[C@H]2O)O[C@@H]7CO)O[C@@H]6CO)O[C@@H]5CO)O[C@@H]4CO)O[C@@H]3CO. The van der Waals surface area contributed by atoms with E-state index in [0.717, 1.165) is 0 Å². The molecular formula is C36H63NO30. The van der Waals surface area contributed by atoms with Crippen molar-refractivity contribution in [3.63, 3.8) is 0 Å². The van der Waals surface area contributed by atoms with Gasteiger partial charge in [-0.05, 0) is 0 Å². The Morgan fingerprint density at radius 3 is 0.418 bits per heavy atom. The molecule has 0 aromatic rings. The Morgan fingerprint density at radius 2 is 0.313 bits per heavy atom. The van der Waals surface area contributed by atoms with Crippen LogP contribution in [0.15, 0.2) is 0 Å². The second kappa shape index (κ2) is 23.1. The monoisotopic (exact) mass is 989 g/mol. The number of hydrogen-bond acceptors (Lipinski definition) is 31. The summed E-state index contributed by atoms with van der Waals surface area (Å²) in [7, 11) is 0. The summed E-state index contributed by atoms with van der Waals surface area (Å²) in [5.74, 6) is 0. The Kier molecular flexibility index (Phi) is 19.0. The zero-order valence-corrected chi connectivity index (χ0v) is 35.2. The van der Waals surface area contributed by atoms with Crippen LogP contribution in [0.25, 0.3) is 0 Å². The normalized spacial score (nSPS) is 54.5. The second-order valence-electron chi connectivity index (χ2n) is 16.8. The Balaban J connectivity index is 0.00000741. The molecular weight excluding hydrogens is 926 g/mol. The van der Waals surface area contributed by atoms with E-state index in [0.29, 0.717) is 0 Å². The fraction of sp³-hybridized carbons (Fsp3) is 1.00. The van der Waals surface area contributed by atoms with Crippen molar-refractivity contribution in [1.29, 1.82) is 0 Å². The zero-order valence-electron chi connectivity index (χ0n) is 35.2. The first-order valence-corrected chi connectivity index (χ1v) is 21.1. The summed E-state index contributed by atoms with van der Waals surface area (Å²) in [5, 5.41) is 196. The van der Waals surface area contributed by atoms with Crippen molar-refractivity contribution >= 4 is 0 Å². The topological polar surface area (TPSA) is 510 Å². The average Bonchev–Trinajstić information content (AvgIpc) is 3.31. The first-order chi connectivity index (χ1) is 31.4. The molecule has 21 N–H and O–H groups in total. The van der Waals surface area contributed by atoms with Crippen LogP contribution in [0.4, 0.5) is 0 Å². The number of aliphatic hydroxyl groups is 18. The van der Waals surface area contributed by atoms with Crippen molar-refractivity contribution in [3.8, 4) is 0 Å². The maximum absolute atomic E-state index is 11.2. The van der Waals surface area contributed by atoms with Crippen molar-refractivity contribution in [2.24, 2.45) is 0 Å². The van der Waals surface area contributed by atoms with Crippen LogP contribution in [-0.2, 0) is 56.8 Å². The van der Waals surface area contributed by atoms with Gasteiger partial charge in [0.2, 0.25) is 0 Å². The zero-order chi connectivity index (χ0) is 48.0. The van der Waals surface area contributed by atoms with Gasteiger partial charge in [-0.2, -0.15) is 0 Å². The quantitative estimate of drug-likeness (QED) is 0.117. The van der Waals surface area contributed by atoms with Crippen LogP contribution in [0.3, 0.4) is 0 Å². The van der Waals surface area contributed by atoms with E-state index in [1.807, 2.05) is 0 Å². The van der Waals surface area contributed by atoms with E-state index < -0.39 is 224 Å². The number of hydrogen-bond donors (Lipinski definition) is 19. The van der Waals surface area contributed by atoms with Crippen LogP contribution in [0.2, 0.25) is 0 Å². The lowest BCUT2D eigenvalue weighted by Crippen LogP contribution is -2.69. The minimum Gasteiger partial charge on any atom is -0.394 e. The molecule has 0 spiro atoms. The van der Waals surface area contributed by atoms with E-state index in [1.165, 1.54) is 0 Å². The van der Waals surface area contributed by atoms with Gasteiger partial charge in [-0.3, -0.25) is 0 Å². The van der Waals surface area contributed by atoms with Crippen LogP contribution in [0.5, 0.6) is 0 Å². The summed E-state index contributed by atoms with van der Waals surface area (Å²) in [4.78, 5) is 0. The minimum atomic E-state index is -2.15. The Hall–Kier alpha value is -1.24. The summed E-state index contributed by atoms with van der Waals surface area (Å²) in [5.41, 5.74) is 0. The van der Waals surface area contributed by atoms with E-state index in [1.54, 1.807) is 0 Å². The highest BCUT2D eigenvalue weighted by Crippen LogP contribution is 2.38. The van der Waals surface area contributed by atoms with Crippen molar-refractivity contribution < 1.29 is 149 Å². The van der Waals surface area contributed by atoms with Gasteiger partial charge in [0, 0.05) is 0 Å². The molecule has 392 valence electrons. The van der Waals surface area contributed by atoms with Crippen molar-refractivity contribution in [2.75, 3.05) is 39.6 Å². The highest BCUT2D eigenvalue weighted by molar-refractivity contribution is 5.01. The van der Waals surface area contributed by atoms with Gasteiger partial charge >= 0.3 is 0 Å². The van der Waals surface area contributed by atoms with Gasteiger partial charge in [-0.1, -0.05) is 0 Å². The maximum Gasteiger partial charge on any atom is 0.187 e. The molecule has 67 heavy (non-hydrogen) atoms. The highest BCUT2D eigenvalue weighted by Gasteiger charge is 2.58. The van der Waals surface area contributed by atoms with E-state index >= 15 is 0 Å². The summed E-state index contributed by atoms with van der Waals surface area (Å²) in [6.07, 6.45) is -58.5. The molecule has 0 aliphatic carbocycles. The third-order valence-electron chi connectivity index (χ3n) is 12.7. The fourth-order valence-corrected chi connectivity index (χ4v) is 8.93. The van der Waals surface area contributed by atoms with Crippen LogP contribution >= 0.6 is 0 Å². The van der Waals surface area contributed by atoms with Crippen molar-refractivity contribution in [2.45, 2.75) is 184 Å². The third-order valence-corrected chi connectivity index (χ3v) is 12.7. The standard InChI is InChI=1S/C36H60O30.H3N/c37-1-7-25-13(43)19(49)31(55-7)62-26-8(2-38)57-33(21(51)15(26)45)64-28-10(4-40)59-35(23(53)17(28)47)66-30-12(6-42)60-36(24(54)18(30)48)65-29-11(5-41)58-34(22(52)16(29)46)63-27-9(3-39)56-32(61-25)20(50)14(27)44;/h7-54H,1-6H2;1H3/t7-,8-,9-,10-,11-,12-,13-,14-,15-,16-,17-,18-,19-,20-,21-,22-,23-,24-,25-,26-,27-,28-,29-,30-,31-,32-,33-,34-,35-,36-;/m1./s1. The van der Waals surface area contributed by atoms with Crippen molar-refractivity contribution in [1.82, 2.24) is 6.15 Å². The van der Waals surface area contributed by atoms with E-state index in [2.05, 4.69) is 0 Å². The smallest absolute Gasteiger partial charge is 0.187 e. The summed E-state index contributed by atoms with van der Waals surface area (Å²) >= 11 is 0. The second-order valence-corrected chi connectivity index (χ2v) is 16.8. The molecule has 22 heterocycles. The van der Waals surface area contributed by atoms with Gasteiger partial charge in [0.25, 0.3) is 0 Å². The van der Waals surface area contributed by atoms with Gasteiger partial charge in [0.1, 0.15) is 146 Å². The molecule has 22 aliphatic rings. The molecule has 30 atom stereocenters. The van der Waals surface area contributed by atoms with Gasteiger partial charge in [-0.25, -0.2) is 0 Å².